The van der Waals surface area contributed by atoms with E-state index in [0.717, 1.165) is 0 Å². The Hall–Kier alpha value is -1.36. The van der Waals surface area contributed by atoms with E-state index in [1.165, 1.54) is 6.33 Å². The van der Waals surface area contributed by atoms with Gasteiger partial charge in [-0.2, -0.15) is 0 Å². The third-order valence-electron chi connectivity index (χ3n) is 1.61. The summed E-state index contributed by atoms with van der Waals surface area (Å²) in [6.45, 7) is 4.50. The maximum atomic E-state index is 5.83. The minimum atomic E-state index is -0.282. The number of nitrogens with one attached hydrogen (secondary N) is 1. The summed E-state index contributed by atoms with van der Waals surface area (Å²) in [6.07, 6.45) is 3.08. The largest absolute Gasteiger partial charge is 0.491 e. The smallest absolute Gasteiger partial charge is 0.179 e. The Kier molecular flexibility index (Phi) is 3.24. The van der Waals surface area contributed by atoms with Crippen LogP contribution in [0.2, 0.25) is 0 Å². The lowest BCUT2D eigenvalue weighted by molar-refractivity contribution is 0.412. The van der Waals surface area contributed by atoms with Crippen LogP contribution in [-0.2, 0) is 0 Å². The SMILES string of the molecule is COc1cncnc1NCC(C)(C)N. The molecule has 3 N–H and O–H groups in total. The molecule has 1 aromatic heterocycles. The number of rotatable bonds is 4. The van der Waals surface area contributed by atoms with Gasteiger partial charge in [-0.15, -0.1) is 0 Å². The quantitative estimate of drug-likeness (QED) is 0.739. The van der Waals surface area contributed by atoms with Crippen molar-refractivity contribution < 1.29 is 4.74 Å². The molecule has 0 radical (unpaired) electrons. The second kappa shape index (κ2) is 4.23. The molecule has 0 unspecified atom stereocenters. The summed E-state index contributed by atoms with van der Waals surface area (Å²) in [5, 5.41) is 3.10. The first kappa shape index (κ1) is 10.7. The molecule has 5 heteroatoms. The minimum absolute atomic E-state index is 0.282. The summed E-state index contributed by atoms with van der Waals surface area (Å²) in [7, 11) is 1.58. The molecule has 0 bridgehead atoms. The predicted molar refractivity (Wildman–Crippen MR) is 55.3 cm³/mol. The molecule has 5 nitrogen and oxygen atoms in total. The molecule has 1 rings (SSSR count). The number of hydrogen-bond donors (Lipinski definition) is 2. The van der Waals surface area contributed by atoms with Gasteiger partial charge < -0.3 is 15.8 Å². The van der Waals surface area contributed by atoms with Crippen molar-refractivity contribution in [1.29, 1.82) is 0 Å². The van der Waals surface area contributed by atoms with Crippen LogP contribution in [0.1, 0.15) is 13.8 Å². The van der Waals surface area contributed by atoms with Crippen molar-refractivity contribution in [2.75, 3.05) is 19.0 Å². The maximum Gasteiger partial charge on any atom is 0.179 e. The highest BCUT2D eigenvalue weighted by molar-refractivity contribution is 5.47. The van der Waals surface area contributed by atoms with Gasteiger partial charge in [-0.05, 0) is 13.8 Å². The number of nitrogens with two attached hydrogens (primary N) is 1. The molecule has 0 atom stereocenters. The zero-order valence-corrected chi connectivity index (χ0v) is 8.74. The first-order chi connectivity index (χ1) is 6.53. The first-order valence-corrected chi connectivity index (χ1v) is 4.40. The Morgan fingerprint density at radius 3 is 2.86 bits per heavy atom. The van der Waals surface area contributed by atoms with E-state index >= 15 is 0 Å². The number of hydrogen-bond acceptors (Lipinski definition) is 5. The molecular weight excluding hydrogens is 180 g/mol. The summed E-state index contributed by atoms with van der Waals surface area (Å²) in [4.78, 5) is 7.90. The molecule has 1 aromatic rings. The lowest BCUT2D eigenvalue weighted by atomic mass is 10.1. The van der Waals surface area contributed by atoms with Gasteiger partial charge in [-0.25, -0.2) is 9.97 Å². The molecule has 14 heavy (non-hydrogen) atoms. The van der Waals surface area contributed by atoms with Crippen molar-refractivity contribution >= 4 is 5.82 Å². The molecule has 0 saturated carbocycles. The second-order valence-electron chi connectivity index (χ2n) is 3.78. The molecule has 0 fully saturated rings. The fourth-order valence-corrected chi connectivity index (χ4v) is 0.911. The summed E-state index contributed by atoms with van der Waals surface area (Å²) in [5.74, 6) is 1.29. The third-order valence-corrected chi connectivity index (χ3v) is 1.61. The summed E-state index contributed by atoms with van der Waals surface area (Å²) >= 11 is 0. The standard InChI is InChI=1S/C9H16N4O/c1-9(2,10)5-12-8-7(14-3)4-11-6-13-8/h4,6H,5,10H2,1-3H3,(H,11,12,13). The van der Waals surface area contributed by atoms with Gasteiger partial charge >= 0.3 is 0 Å². The van der Waals surface area contributed by atoms with Gasteiger partial charge in [0.2, 0.25) is 0 Å². The average Bonchev–Trinajstić information content (AvgIpc) is 2.14. The molecule has 0 spiro atoms. The van der Waals surface area contributed by atoms with Crippen molar-refractivity contribution in [3.8, 4) is 5.75 Å². The first-order valence-electron chi connectivity index (χ1n) is 4.40. The zero-order valence-electron chi connectivity index (χ0n) is 8.74. The second-order valence-corrected chi connectivity index (χ2v) is 3.78. The molecule has 1 heterocycles. The lowest BCUT2D eigenvalue weighted by Gasteiger charge is -2.19. The van der Waals surface area contributed by atoms with E-state index in [1.807, 2.05) is 13.8 Å². The van der Waals surface area contributed by atoms with Gasteiger partial charge in [0.1, 0.15) is 6.33 Å². The maximum absolute atomic E-state index is 5.83. The number of anilines is 1. The van der Waals surface area contributed by atoms with Crippen molar-refractivity contribution in [2.24, 2.45) is 5.73 Å². The number of nitrogens with zero attached hydrogens (tertiary/aromatic N) is 2. The van der Waals surface area contributed by atoms with E-state index in [1.54, 1.807) is 13.3 Å². The Balaban J connectivity index is 2.67. The number of methoxy groups -OCH3 is 1. The topological polar surface area (TPSA) is 73.1 Å². The van der Waals surface area contributed by atoms with Crippen LogP contribution >= 0.6 is 0 Å². The van der Waals surface area contributed by atoms with Crippen LogP contribution < -0.4 is 15.8 Å². The number of aromatic nitrogens is 2. The summed E-state index contributed by atoms with van der Waals surface area (Å²) in [5.41, 5.74) is 5.55. The highest BCUT2D eigenvalue weighted by Gasteiger charge is 2.12. The predicted octanol–water partition coefficient (Wildman–Crippen LogP) is 0.634. The van der Waals surface area contributed by atoms with Crippen molar-refractivity contribution in [3.63, 3.8) is 0 Å². The molecule has 0 saturated heterocycles. The Morgan fingerprint density at radius 1 is 1.57 bits per heavy atom. The fraction of sp³-hybridized carbons (Fsp3) is 0.556. The van der Waals surface area contributed by atoms with Gasteiger partial charge in [-0.1, -0.05) is 0 Å². The van der Waals surface area contributed by atoms with E-state index in [0.29, 0.717) is 18.1 Å². The van der Waals surface area contributed by atoms with Gasteiger partial charge in [0.25, 0.3) is 0 Å². The third kappa shape index (κ3) is 3.18. The van der Waals surface area contributed by atoms with Crippen molar-refractivity contribution in [1.82, 2.24) is 9.97 Å². The van der Waals surface area contributed by atoms with Crippen LogP contribution in [0.25, 0.3) is 0 Å². The Bertz CT molecular complexity index is 295. The minimum Gasteiger partial charge on any atom is -0.491 e. The molecular formula is C9H16N4O. The molecule has 0 amide bonds. The van der Waals surface area contributed by atoms with Gasteiger partial charge in [0.15, 0.2) is 11.6 Å². The van der Waals surface area contributed by atoms with Crippen LogP contribution in [0.4, 0.5) is 5.82 Å². The number of ether oxygens (including phenoxy) is 1. The van der Waals surface area contributed by atoms with E-state index in [9.17, 15) is 0 Å². The van der Waals surface area contributed by atoms with Gasteiger partial charge in [-0.3, -0.25) is 0 Å². The summed E-state index contributed by atoms with van der Waals surface area (Å²) < 4.78 is 5.08. The van der Waals surface area contributed by atoms with E-state index < -0.39 is 0 Å². The van der Waals surface area contributed by atoms with Crippen molar-refractivity contribution in [2.45, 2.75) is 19.4 Å². The zero-order chi connectivity index (χ0) is 10.6. The highest BCUT2D eigenvalue weighted by atomic mass is 16.5. The average molecular weight is 196 g/mol. The van der Waals surface area contributed by atoms with Crippen LogP contribution in [0.15, 0.2) is 12.5 Å². The monoisotopic (exact) mass is 196 g/mol. The van der Waals surface area contributed by atoms with Gasteiger partial charge in [0.05, 0.1) is 13.3 Å². The van der Waals surface area contributed by atoms with Crippen LogP contribution in [0.5, 0.6) is 5.75 Å². The molecule has 0 aliphatic heterocycles. The molecule has 0 aliphatic rings. The van der Waals surface area contributed by atoms with E-state index in [2.05, 4.69) is 15.3 Å². The lowest BCUT2D eigenvalue weighted by Crippen LogP contribution is -2.39. The fourth-order valence-electron chi connectivity index (χ4n) is 0.911. The summed E-state index contributed by atoms with van der Waals surface area (Å²) in [6, 6.07) is 0. The Morgan fingerprint density at radius 2 is 2.29 bits per heavy atom. The van der Waals surface area contributed by atoms with E-state index in [4.69, 9.17) is 10.5 Å². The molecule has 0 aromatic carbocycles. The Labute approximate surface area is 83.7 Å². The van der Waals surface area contributed by atoms with Gasteiger partial charge in [0, 0.05) is 12.1 Å². The highest BCUT2D eigenvalue weighted by Crippen LogP contribution is 2.18. The van der Waals surface area contributed by atoms with Crippen molar-refractivity contribution in [3.05, 3.63) is 12.5 Å². The molecule has 0 aliphatic carbocycles. The van der Waals surface area contributed by atoms with E-state index in [-0.39, 0.29) is 5.54 Å². The molecule has 78 valence electrons. The normalized spacial score (nSPS) is 11.1. The van der Waals surface area contributed by atoms with Crippen LogP contribution in [-0.4, -0.2) is 29.2 Å². The van der Waals surface area contributed by atoms with Crippen LogP contribution in [0, 0.1) is 0 Å². The van der Waals surface area contributed by atoms with Crippen LogP contribution in [0.3, 0.4) is 0 Å².